The van der Waals surface area contributed by atoms with Crippen LogP contribution < -0.4 is 5.73 Å². The number of nitrogens with two attached hydrogens (primary N) is 1. The molecular formula is C11H14ClNO. The lowest BCUT2D eigenvalue weighted by Crippen LogP contribution is -2.03. The van der Waals surface area contributed by atoms with Crippen LogP contribution in [0.2, 0.25) is 0 Å². The topological polar surface area (TPSA) is 43.1 Å². The maximum absolute atomic E-state index is 11.0. The standard InChI is InChI=1S/C11H14ClNO/c1-8(14)9-2-4-10(5-3-9)11(12)6-7-13/h2-5,11H,6-7,13H2,1H3. The molecule has 1 aromatic rings. The number of hydrogen-bond donors (Lipinski definition) is 1. The smallest absolute Gasteiger partial charge is 0.159 e. The van der Waals surface area contributed by atoms with Crippen molar-refractivity contribution in [3.8, 4) is 0 Å². The maximum atomic E-state index is 11.0. The summed E-state index contributed by atoms with van der Waals surface area (Å²) in [5.74, 6) is 0.0708. The normalized spacial score (nSPS) is 12.5. The van der Waals surface area contributed by atoms with Gasteiger partial charge in [-0.15, -0.1) is 11.6 Å². The minimum absolute atomic E-state index is 0.0546. The molecule has 1 unspecified atom stereocenters. The zero-order chi connectivity index (χ0) is 10.6. The highest BCUT2D eigenvalue weighted by Crippen LogP contribution is 2.23. The van der Waals surface area contributed by atoms with Gasteiger partial charge in [0.25, 0.3) is 0 Å². The molecule has 0 aromatic heterocycles. The molecule has 2 nitrogen and oxygen atoms in total. The number of alkyl halides is 1. The summed E-state index contributed by atoms with van der Waals surface area (Å²) in [6.07, 6.45) is 0.751. The lowest BCUT2D eigenvalue weighted by molar-refractivity contribution is 0.101. The summed E-state index contributed by atoms with van der Waals surface area (Å²) in [5, 5.41) is -0.0546. The minimum atomic E-state index is -0.0546. The average molecular weight is 212 g/mol. The molecule has 0 fully saturated rings. The van der Waals surface area contributed by atoms with Crippen LogP contribution in [0.25, 0.3) is 0 Å². The molecule has 0 saturated heterocycles. The summed E-state index contributed by atoms with van der Waals surface area (Å²) in [4.78, 5) is 11.0. The number of ketones is 1. The Morgan fingerprint density at radius 1 is 1.43 bits per heavy atom. The number of carbonyl (C=O) groups is 1. The van der Waals surface area contributed by atoms with E-state index in [0.717, 1.165) is 12.0 Å². The number of benzene rings is 1. The molecule has 0 aliphatic rings. The number of Topliss-reactive ketones (excluding diaryl/α,β-unsaturated/α-hetero) is 1. The molecule has 0 bridgehead atoms. The van der Waals surface area contributed by atoms with Gasteiger partial charge >= 0.3 is 0 Å². The molecule has 0 amide bonds. The molecule has 2 N–H and O–H groups in total. The van der Waals surface area contributed by atoms with Crippen molar-refractivity contribution in [2.45, 2.75) is 18.7 Å². The molecule has 3 heteroatoms. The van der Waals surface area contributed by atoms with Gasteiger partial charge in [0.2, 0.25) is 0 Å². The van der Waals surface area contributed by atoms with Crippen molar-refractivity contribution in [1.82, 2.24) is 0 Å². The van der Waals surface area contributed by atoms with Crippen molar-refractivity contribution in [1.29, 1.82) is 0 Å². The van der Waals surface area contributed by atoms with Crippen LogP contribution in [-0.2, 0) is 0 Å². The van der Waals surface area contributed by atoms with E-state index >= 15 is 0 Å². The van der Waals surface area contributed by atoms with Gasteiger partial charge in [-0.25, -0.2) is 0 Å². The summed E-state index contributed by atoms with van der Waals surface area (Å²) in [7, 11) is 0. The lowest BCUT2D eigenvalue weighted by Gasteiger charge is -2.08. The van der Waals surface area contributed by atoms with E-state index in [1.165, 1.54) is 0 Å². The fourth-order valence-corrected chi connectivity index (χ4v) is 1.51. The molecular weight excluding hydrogens is 198 g/mol. The third-order valence-corrected chi connectivity index (χ3v) is 2.57. The molecule has 0 aliphatic heterocycles. The summed E-state index contributed by atoms with van der Waals surface area (Å²) in [6.45, 7) is 2.12. The van der Waals surface area contributed by atoms with E-state index in [4.69, 9.17) is 17.3 Å². The Labute approximate surface area is 89.1 Å². The van der Waals surface area contributed by atoms with E-state index in [0.29, 0.717) is 12.1 Å². The molecule has 1 rings (SSSR count). The monoisotopic (exact) mass is 211 g/mol. The fourth-order valence-electron chi connectivity index (χ4n) is 1.24. The first kappa shape index (κ1) is 11.2. The van der Waals surface area contributed by atoms with Crippen molar-refractivity contribution < 1.29 is 4.79 Å². The van der Waals surface area contributed by atoms with Crippen LogP contribution in [0, 0.1) is 0 Å². The Morgan fingerprint density at radius 2 is 2.00 bits per heavy atom. The van der Waals surface area contributed by atoms with Crippen LogP contribution in [0.3, 0.4) is 0 Å². The highest BCUT2D eigenvalue weighted by atomic mass is 35.5. The molecule has 1 aromatic carbocycles. The summed E-state index contributed by atoms with van der Waals surface area (Å²) < 4.78 is 0. The first-order valence-electron chi connectivity index (χ1n) is 4.60. The summed E-state index contributed by atoms with van der Waals surface area (Å²) >= 11 is 6.07. The van der Waals surface area contributed by atoms with Gasteiger partial charge in [-0.2, -0.15) is 0 Å². The van der Waals surface area contributed by atoms with Crippen LogP contribution in [-0.4, -0.2) is 12.3 Å². The van der Waals surface area contributed by atoms with Crippen molar-refractivity contribution in [2.75, 3.05) is 6.54 Å². The lowest BCUT2D eigenvalue weighted by atomic mass is 10.1. The van der Waals surface area contributed by atoms with E-state index in [-0.39, 0.29) is 11.2 Å². The van der Waals surface area contributed by atoms with E-state index in [2.05, 4.69) is 0 Å². The summed E-state index contributed by atoms with van der Waals surface area (Å²) in [5.41, 5.74) is 7.14. The molecule has 0 aliphatic carbocycles. The predicted molar refractivity (Wildman–Crippen MR) is 58.7 cm³/mol. The Balaban J connectivity index is 2.77. The zero-order valence-electron chi connectivity index (χ0n) is 8.16. The van der Waals surface area contributed by atoms with Crippen LogP contribution in [0.15, 0.2) is 24.3 Å². The number of halogens is 1. The number of hydrogen-bond acceptors (Lipinski definition) is 2. The first-order chi connectivity index (χ1) is 6.65. The second kappa shape index (κ2) is 5.13. The largest absolute Gasteiger partial charge is 0.330 e. The minimum Gasteiger partial charge on any atom is -0.330 e. The van der Waals surface area contributed by atoms with Gasteiger partial charge in [0.15, 0.2) is 5.78 Å². The van der Waals surface area contributed by atoms with Gasteiger partial charge in [-0.1, -0.05) is 24.3 Å². The second-order valence-corrected chi connectivity index (χ2v) is 3.75. The number of carbonyl (C=O) groups excluding carboxylic acids is 1. The van der Waals surface area contributed by atoms with Crippen molar-refractivity contribution in [3.05, 3.63) is 35.4 Å². The van der Waals surface area contributed by atoms with Gasteiger partial charge in [-0.3, -0.25) is 4.79 Å². The molecule has 0 heterocycles. The Kier molecular flexibility index (Phi) is 4.11. The maximum Gasteiger partial charge on any atom is 0.159 e. The second-order valence-electron chi connectivity index (χ2n) is 3.22. The van der Waals surface area contributed by atoms with E-state index in [1.54, 1.807) is 19.1 Å². The van der Waals surface area contributed by atoms with Crippen molar-refractivity contribution in [3.63, 3.8) is 0 Å². The first-order valence-corrected chi connectivity index (χ1v) is 5.04. The van der Waals surface area contributed by atoms with Crippen LogP contribution >= 0.6 is 11.6 Å². The van der Waals surface area contributed by atoms with E-state index < -0.39 is 0 Å². The molecule has 1 atom stereocenters. The van der Waals surface area contributed by atoms with Crippen LogP contribution in [0.1, 0.15) is 34.6 Å². The van der Waals surface area contributed by atoms with Gasteiger partial charge in [0.1, 0.15) is 0 Å². The van der Waals surface area contributed by atoms with Gasteiger partial charge in [-0.05, 0) is 25.5 Å². The average Bonchev–Trinajstić information content (AvgIpc) is 2.18. The molecule has 0 radical (unpaired) electrons. The highest BCUT2D eigenvalue weighted by Gasteiger charge is 2.07. The SMILES string of the molecule is CC(=O)c1ccc(C(Cl)CCN)cc1. The highest BCUT2D eigenvalue weighted by molar-refractivity contribution is 6.20. The van der Waals surface area contributed by atoms with E-state index in [1.807, 2.05) is 12.1 Å². The summed E-state index contributed by atoms with van der Waals surface area (Å²) in [6, 6.07) is 7.35. The van der Waals surface area contributed by atoms with E-state index in [9.17, 15) is 4.79 Å². The predicted octanol–water partition coefficient (Wildman–Crippen LogP) is 2.52. The van der Waals surface area contributed by atoms with Gasteiger partial charge in [0.05, 0.1) is 5.38 Å². The van der Waals surface area contributed by atoms with Crippen LogP contribution in [0.5, 0.6) is 0 Å². The van der Waals surface area contributed by atoms with Gasteiger partial charge < -0.3 is 5.73 Å². The number of rotatable bonds is 4. The molecule has 14 heavy (non-hydrogen) atoms. The Morgan fingerprint density at radius 3 is 2.43 bits per heavy atom. The molecule has 76 valence electrons. The molecule has 0 saturated carbocycles. The quantitative estimate of drug-likeness (QED) is 0.614. The van der Waals surface area contributed by atoms with Gasteiger partial charge in [0, 0.05) is 5.56 Å². The molecule has 0 spiro atoms. The van der Waals surface area contributed by atoms with Crippen molar-refractivity contribution in [2.24, 2.45) is 5.73 Å². The third-order valence-electron chi connectivity index (χ3n) is 2.10. The zero-order valence-corrected chi connectivity index (χ0v) is 8.92. The van der Waals surface area contributed by atoms with Crippen LogP contribution in [0.4, 0.5) is 0 Å². The fraction of sp³-hybridized carbons (Fsp3) is 0.364. The Hall–Kier alpha value is -0.860. The van der Waals surface area contributed by atoms with Crippen molar-refractivity contribution >= 4 is 17.4 Å². The third kappa shape index (κ3) is 2.82. The Bertz CT molecular complexity index is 308.